The molecule has 5 heteroatoms. The molecule has 5 nitrogen and oxygen atoms in total. The molecule has 2 fully saturated rings. The van der Waals surface area contributed by atoms with Crippen molar-refractivity contribution in [3.05, 3.63) is 35.4 Å². The summed E-state index contributed by atoms with van der Waals surface area (Å²) < 4.78 is 0. The van der Waals surface area contributed by atoms with Crippen LogP contribution in [0.15, 0.2) is 24.3 Å². The first-order chi connectivity index (χ1) is 11.5. The lowest BCUT2D eigenvalue weighted by atomic mass is 9.96. The molecule has 1 heterocycles. The van der Waals surface area contributed by atoms with Gasteiger partial charge in [0.25, 0.3) is 5.91 Å². The van der Waals surface area contributed by atoms with E-state index in [9.17, 15) is 14.4 Å². The maximum atomic E-state index is 12.6. The first kappa shape index (κ1) is 16.7. The van der Waals surface area contributed by atoms with Gasteiger partial charge in [-0.3, -0.25) is 14.5 Å². The molecule has 1 saturated heterocycles. The van der Waals surface area contributed by atoms with Gasteiger partial charge in [-0.05, 0) is 30.7 Å². The molecule has 0 aromatic heterocycles. The lowest BCUT2D eigenvalue weighted by Gasteiger charge is -2.19. The number of hydrogen-bond acceptors (Lipinski definition) is 3. The van der Waals surface area contributed by atoms with Crippen molar-refractivity contribution in [1.82, 2.24) is 10.2 Å². The maximum Gasteiger partial charge on any atom is 0.325 e. The summed E-state index contributed by atoms with van der Waals surface area (Å²) in [7, 11) is 0. The molecule has 24 heavy (non-hydrogen) atoms. The highest BCUT2D eigenvalue weighted by Gasteiger charge is 2.52. The Morgan fingerprint density at radius 1 is 1.21 bits per heavy atom. The molecule has 3 amide bonds. The molecule has 1 N–H and O–H groups in total. The van der Waals surface area contributed by atoms with Crippen LogP contribution in [-0.2, 0) is 4.79 Å². The minimum absolute atomic E-state index is 0.185. The average Bonchev–Trinajstić information content (AvgIpc) is 3.15. The number of nitrogens with one attached hydrogen (secondary N) is 1. The molecule has 1 spiro atoms. The Morgan fingerprint density at radius 3 is 2.42 bits per heavy atom. The fourth-order valence-corrected chi connectivity index (χ4v) is 3.61. The van der Waals surface area contributed by atoms with Crippen molar-refractivity contribution in [2.24, 2.45) is 0 Å². The number of imide groups is 1. The zero-order valence-electron chi connectivity index (χ0n) is 14.3. The maximum absolute atomic E-state index is 12.6. The average molecular weight is 328 g/mol. The third kappa shape index (κ3) is 2.83. The number of rotatable bonds is 5. The highest BCUT2D eigenvalue weighted by Crippen LogP contribution is 2.35. The number of amides is 3. The summed E-state index contributed by atoms with van der Waals surface area (Å²) >= 11 is 0. The molecule has 0 bridgehead atoms. The summed E-state index contributed by atoms with van der Waals surface area (Å²) in [6.07, 6.45) is 4.26. The third-order valence-electron chi connectivity index (χ3n) is 5.42. The van der Waals surface area contributed by atoms with Gasteiger partial charge in [-0.25, -0.2) is 4.79 Å². The van der Waals surface area contributed by atoms with E-state index >= 15 is 0 Å². The minimum atomic E-state index is -0.752. The smallest absolute Gasteiger partial charge is 0.323 e. The number of benzene rings is 1. The fourth-order valence-electron chi connectivity index (χ4n) is 3.61. The first-order valence-electron chi connectivity index (χ1n) is 8.74. The number of urea groups is 1. The Kier molecular flexibility index (Phi) is 4.43. The van der Waals surface area contributed by atoms with Crippen LogP contribution < -0.4 is 5.32 Å². The monoisotopic (exact) mass is 328 g/mol. The summed E-state index contributed by atoms with van der Waals surface area (Å²) in [6, 6.07) is 7.03. The predicted octanol–water partition coefficient (Wildman–Crippen LogP) is 3.25. The molecule has 1 aromatic rings. The van der Waals surface area contributed by atoms with E-state index < -0.39 is 11.6 Å². The molecular formula is C19H24N2O3. The van der Waals surface area contributed by atoms with Crippen molar-refractivity contribution >= 4 is 17.7 Å². The molecule has 0 unspecified atom stereocenters. The van der Waals surface area contributed by atoms with E-state index in [1.807, 2.05) is 12.1 Å². The first-order valence-corrected chi connectivity index (χ1v) is 8.74. The SMILES string of the molecule is CC[C@@H](C)c1ccc(C(=O)CN2C(=O)NC3(CCCC3)C2=O)cc1. The zero-order chi connectivity index (χ0) is 17.3. The Labute approximate surface area is 142 Å². The van der Waals surface area contributed by atoms with E-state index in [2.05, 4.69) is 19.2 Å². The number of Topliss-reactive ketones (excluding diaryl/α,β-unsaturated/α-hetero) is 1. The van der Waals surface area contributed by atoms with Crippen LogP contribution in [0.1, 0.15) is 67.8 Å². The topological polar surface area (TPSA) is 66.5 Å². The summed E-state index contributed by atoms with van der Waals surface area (Å²) in [5.41, 5.74) is 0.974. The molecule has 1 aromatic carbocycles. The van der Waals surface area contributed by atoms with Crippen LogP contribution in [-0.4, -0.2) is 34.7 Å². The van der Waals surface area contributed by atoms with Gasteiger partial charge < -0.3 is 5.32 Å². The molecule has 2 aliphatic rings. The van der Waals surface area contributed by atoms with Crippen molar-refractivity contribution in [3.8, 4) is 0 Å². The molecule has 1 aliphatic heterocycles. The van der Waals surface area contributed by atoms with Gasteiger partial charge in [0.15, 0.2) is 5.78 Å². The van der Waals surface area contributed by atoms with Crippen molar-refractivity contribution < 1.29 is 14.4 Å². The van der Waals surface area contributed by atoms with Crippen LogP contribution in [0.3, 0.4) is 0 Å². The largest absolute Gasteiger partial charge is 0.325 e. The molecule has 1 saturated carbocycles. The molecule has 1 atom stereocenters. The molecule has 128 valence electrons. The van der Waals surface area contributed by atoms with E-state index in [1.165, 1.54) is 5.56 Å². The van der Waals surface area contributed by atoms with Crippen LogP contribution in [0.5, 0.6) is 0 Å². The lowest BCUT2D eigenvalue weighted by Crippen LogP contribution is -2.44. The Balaban J connectivity index is 1.70. The Hall–Kier alpha value is -2.17. The number of hydrogen-bond donors (Lipinski definition) is 1. The van der Waals surface area contributed by atoms with E-state index in [0.29, 0.717) is 24.3 Å². The molecular weight excluding hydrogens is 304 g/mol. The summed E-state index contributed by atoms with van der Waals surface area (Å²) in [5.74, 6) is 0.00105. The van der Waals surface area contributed by atoms with Crippen molar-refractivity contribution in [1.29, 1.82) is 0 Å². The summed E-state index contributed by atoms with van der Waals surface area (Å²) in [5, 5.41) is 2.80. The number of carbonyl (C=O) groups excluding carboxylic acids is 3. The second kappa shape index (κ2) is 6.38. The Bertz CT molecular complexity index is 660. The van der Waals surface area contributed by atoms with E-state index in [1.54, 1.807) is 12.1 Å². The quantitative estimate of drug-likeness (QED) is 0.666. The molecule has 1 aliphatic carbocycles. The zero-order valence-corrected chi connectivity index (χ0v) is 14.3. The van der Waals surface area contributed by atoms with Crippen LogP contribution in [0.25, 0.3) is 0 Å². The van der Waals surface area contributed by atoms with Gasteiger partial charge in [0, 0.05) is 5.56 Å². The highest BCUT2D eigenvalue weighted by atomic mass is 16.2. The van der Waals surface area contributed by atoms with Crippen LogP contribution in [0.2, 0.25) is 0 Å². The van der Waals surface area contributed by atoms with Gasteiger partial charge in [-0.15, -0.1) is 0 Å². The highest BCUT2D eigenvalue weighted by molar-refractivity contribution is 6.11. The van der Waals surface area contributed by atoms with Crippen LogP contribution in [0.4, 0.5) is 4.79 Å². The number of carbonyl (C=O) groups is 3. The summed E-state index contributed by atoms with van der Waals surface area (Å²) in [6.45, 7) is 4.08. The van der Waals surface area contributed by atoms with Crippen LogP contribution >= 0.6 is 0 Å². The number of nitrogens with zero attached hydrogens (tertiary/aromatic N) is 1. The fraction of sp³-hybridized carbons (Fsp3) is 0.526. The third-order valence-corrected chi connectivity index (χ3v) is 5.42. The van der Waals surface area contributed by atoms with Crippen molar-refractivity contribution in [2.45, 2.75) is 57.4 Å². The van der Waals surface area contributed by atoms with Gasteiger partial charge in [0.05, 0.1) is 6.54 Å². The lowest BCUT2D eigenvalue weighted by molar-refractivity contribution is -0.130. The minimum Gasteiger partial charge on any atom is -0.323 e. The van der Waals surface area contributed by atoms with E-state index in [4.69, 9.17) is 0 Å². The van der Waals surface area contributed by atoms with E-state index in [-0.39, 0.29) is 18.2 Å². The normalized spacial score (nSPS) is 20.5. The molecule has 3 rings (SSSR count). The van der Waals surface area contributed by atoms with Crippen LogP contribution in [0, 0.1) is 0 Å². The van der Waals surface area contributed by atoms with Gasteiger partial charge in [-0.1, -0.05) is 51.0 Å². The summed E-state index contributed by atoms with van der Waals surface area (Å²) in [4.78, 5) is 38.3. The second-order valence-electron chi connectivity index (χ2n) is 6.97. The van der Waals surface area contributed by atoms with Gasteiger partial charge in [0.2, 0.25) is 0 Å². The molecule has 0 radical (unpaired) electrons. The predicted molar refractivity (Wildman–Crippen MR) is 90.9 cm³/mol. The van der Waals surface area contributed by atoms with Crippen molar-refractivity contribution in [2.75, 3.05) is 6.54 Å². The van der Waals surface area contributed by atoms with E-state index in [0.717, 1.165) is 24.2 Å². The van der Waals surface area contributed by atoms with Crippen molar-refractivity contribution in [3.63, 3.8) is 0 Å². The standard InChI is InChI=1S/C19H24N2O3/c1-3-13(2)14-6-8-15(9-7-14)16(22)12-21-17(23)19(20-18(21)24)10-4-5-11-19/h6-9,13H,3-5,10-12H2,1-2H3,(H,20,24)/t13-/m1/s1. The van der Waals surface area contributed by atoms with Gasteiger partial charge in [0.1, 0.15) is 5.54 Å². The number of ketones is 1. The van der Waals surface area contributed by atoms with Gasteiger partial charge in [-0.2, -0.15) is 0 Å². The second-order valence-corrected chi connectivity index (χ2v) is 6.97. The van der Waals surface area contributed by atoms with Gasteiger partial charge >= 0.3 is 6.03 Å². The Morgan fingerprint density at radius 2 is 1.83 bits per heavy atom.